The van der Waals surface area contributed by atoms with Crippen LogP contribution in [0.1, 0.15) is 24.2 Å². The molecule has 0 bridgehead atoms. The van der Waals surface area contributed by atoms with Gasteiger partial charge >= 0.3 is 0 Å². The van der Waals surface area contributed by atoms with E-state index in [0.29, 0.717) is 28.1 Å². The monoisotopic (exact) mass is 245 g/mol. The van der Waals surface area contributed by atoms with Gasteiger partial charge in [-0.05, 0) is 18.1 Å². The molecule has 0 fully saturated rings. The Labute approximate surface area is 99.6 Å². The van der Waals surface area contributed by atoms with Crippen LogP contribution in [-0.2, 0) is 0 Å². The molecule has 0 atom stereocenters. The maximum atomic E-state index is 11.7. The molecule has 15 heavy (non-hydrogen) atoms. The van der Waals surface area contributed by atoms with E-state index in [9.17, 15) is 4.79 Å². The summed E-state index contributed by atoms with van der Waals surface area (Å²) in [5.74, 6) is 0.225. The third-order valence-corrected chi connectivity index (χ3v) is 2.69. The average Bonchev–Trinajstić information content (AvgIpc) is 2.18. The lowest BCUT2D eigenvalue weighted by Gasteiger charge is -2.09. The number of nitrogens with one attached hydrogen (secondary N) is 1. The molecule has 0 aliphatic carbocycles. The molecule has 0 radical (unpaired) electrons. The molecule has 1 N–H and O–H groups in total. The van der Waals surface area contributed by atoms with Gasteiger partial charge in [0.2, 0.25) is 0 Å². The minimum atomic E-state index is -0.184. The molecule has 0 aliphatic rings. The predicted octanol–water partition coefficient (Wildman–Crippen LogP) is 3.38. The molecule has 1 aromatic rings. The Balaban J connectivity index is 2.78. The van der Waals surface area contributed by atoms with Crippen LogP contribution in [0, 0.1) is 5.92 Å². The topological polar surface area (TPSA) is 29.1 Å². The quantitative estimate of drug-likeness (QED) is 0.870. The van der Waals surface area contributed by atoms with Gasteiger partial charge in [-0.25, -0.2) is 0 Å². The highest BCUT2D eigenvalue weighted by atomic mass is 35.5. The first kappa shape index (κ1) is 12.3. The molecule has 1 rings (SSSR count). The first-order valence-electron chi connectivity index (χ1n) is 4.74. The van der Waals surface area contributed by atoms with Gasteiger partial charge in [0, 0.05) is 6.54 Å². The van der Waals surface area contributed by atoms with Crippen LogP contribution >= 0.6 is 23.2 Å². The standard InChI is InChI=1S/C11H13Cl2NO/c1-7(2)6-14-11(15)8-4-3-5-9(12)10(8)13/h3-5,7H,6H2,1-2H3,(H,14,15). The molecule has 1 amide bonds. The zero-order chi connectivity index (χ0) is 11.4. The molecular formula is C11H13Cl2NO. The van der Waals surface area contributed by atoms with Gasteiger partial charge in [-0.1, -0.05) is 43.1 Å². The zero-order valence-electron chi connectivity index (χ0n) is 8.68. The summed E-state index contributed by atoms with van der Waals surface area (Å²) in [7, 11) is 0. The number of amides is 1. The molecule has 0 saturated heterocycles. The van der Waals surface area contributed by atoms with E-state index >= 15 is 0 Å². The van der Waals surface area contributed by atoms with Gasteiger partial charge in [0.25, 0.3) is 5.91 Å². The number of benzene rings is 1. The fourth-order valence-electron chi connectivity index (χ4n) is 1.07. The fraction of sp³-hybridized carbons (Fsp3) is 0.364. The van der Waals surface area contributed by atoms with E-state index in [2.05, 4.69) is 5.32 Å². The molecule has 4 heteroatoms. The molecular weight excluding hydrogens is 233 g/mol. The average molecular weight is 246 g/mol. The largest absolute Gasteiger partial charge is 0.352 e. The second-order valence-electron chi connectivity index (χ2n) is 3.71. The van der Waals surface area contributed by atoms with Crippen molar-refractivity contribution in [1.82, 2.24) is 5.32 Å². The summed E-state index contributed by atoms with van der Waals surface area (Å²) in [5, 5.41) is 3.49. The van der Waals surface area contributed by atoms with E-state index in [1.807, 2.05) is 13.8 Å². The van der Waals surface area contributed by atoms with Crippen molar-refractivity contribution in [2.75, 3.05) is 6.54 Å². The van der Waals surface area contributed by atoms with E-state index in [1.165, 1.54) is 0 Å². The maximum absolute atomic E-state index is 11.7. The van der Waals surface area contributed by atoms with E-state index in [1.54, 1.807) is 18.2 Å². The van der Waals surface area contributed by atoms with Crippen LogP contribution in [0.25, 0.3) is 0 Å². The van der Waals surface area contributed by atoms with Crippen molar-refractivity contribution in [3.8, 4) is 0 Å². The van der Waals surface area contributed by atoms with E-state index in [4.69, 9.17) is 23.2 Å². The van der Waals surface area contributed by atoms with Crippen molar-refractivity contribution in [1.29, 1.82) is 0 Å². The molecule has 0 aliphatic heterocycles. The highest BCUT2D eigenvalue weighted by Crippen LogP contribution is 2.25. The first-order valence-corrected chi connectivity index (χ1v) is 5.50. The predicted molar refractivity (Wildman–Crippen MR) is 63.6 cm³/mol. The molecule has 0 heterocycles. The Morgan fingerprint density at radius 2 is 2.07 bits per heavy atom. The van der Waals surface area contributed by atoms with Gasteiger partial charge in [-0.3, -0.25) is 4.79 Å². The Kier molecular flexibility index (Phi) is 4.43. The minimum Gasteiger partial charge on any atom is -0.352 e. The van der Waals surface area contributed by atoms with E-state index in [-0.39, 0.29) is 5.91 Å². The molecule has 0 spiro atoms. The van der Waals surface area contributed by atoms with Gasteiger partial charge in [-0.15, -0.1) is 0 Å². The van der Waals surface area contributed by atoms with Crippen molar-refractivity contribution < 1.29 is 4.79 Å². The van der Waals surface area contributed by atoms with Gasteiger partial charge in [0.05, 0.1) is 15.6 Å². The van der Waals surface area contributed by atoms with Crippen LogP contribution in [0.4, 0.5) is 0 Å². The highest BCUT2D eigenvalue weighted by molar-refractivity contribution is 6.43. The highest BCUT2D eigenvalue weighted by Gasteiger charge is 2.12. The summed E-state index contributed by atoms with van der Waals surface area (Å²) in [6.45, 7) is 4.68. The van der Waals surface area contributed by atoms with E-state index in [0.717, 1.165) is 0 Å². The Bertz CT molecular complexity index is 364. The molecule has 2 nitrogen and oxygen atoms in total. The Morgan fingerprint density at radius 3 is 2.67 bits per heavy atom. The smallest absolute Gasteiger partial charge is 0.252 e. The van der Waals surface area contributed by atoms with Crippen LogP contribution in [0.3, 0.4) is 0 Å². The number of rotatable bonds is 3. The van der Waals surface area contributed by atoms with Gasteiger partial charge in [-0.2, -0.15) is 0 Å². The zero-order valence-corrected chi connectivity index (χ0v) is 10.2. The fourth-order valence-corrected chi connectivity index (χ4v) is 1.46. The maximum Gasteiger partial charge on any atom is 0.252 e. The van der Waals surface area contributed by atoms with Gasteiger partial charge in [0.15, 0.2) is 0 Å². The lowest BCUT2D eigenvalue weighted by molar-refractivity contribution is 0.0949. The molecule has 0 saturated carbocycles. The number of hydrogen-bond acceptors (Lipinski definition) is 1. The van der Waals surface area contributed by atoms with Crippen LogP contribution < -0.4 is 5.32 Å². The van der Waals surface area contributed by atoms with E-state index < -0.39 is 0 Å². The number of carbonyl (C=O) groups excluding carboxylic acids is 1. The summed E-state index contributed by atoms with van der Waals surface area (Å²) >= 11 is 11.7. The minimum absolute atomic E-state index is 0.184. The van der Waals surface area contributed by atoms with Crippen LogP contribution in [0.15, 0.2) is 18.2 Å². The van der Waals surface area contributed by atoms with Gasteiger partial charge in [0.1, 0.15) is 0 Å². The van der Waals surface area contributed by atoms with Crippen LogP contribution in [0.2, 0.25) is 10.0 Å². The van der Waals surface area contributed by atoms with Crippen molar-refractivity contribution in [2.45, 2.75) is 13.8 Å². The molecule has 1 aromatic carbocycles. The van der Waals surface area contributed by atoms with Crippen molar-refractivity contribution in [2.24, 2.45) is 5.92 Å². The summed E-state index contributed by atoms with van der Waals surface area (Å²) in [6, 6.07) is 5.02. The summed E-state index contributed by atoms with van der Waals surface area (Å²) in [4.78, 5) is 11.7. The SMILES string of the molecule is CC(C)CNC(=O)c1cccc(Cl)c1Cl. The summed E-state index contributed by atoms with van der Waals surface area (Å²) in [5.41, 5.74) is 0.421. The normalized spacial score (nSPS) is 10.5. The molecule has 0 unspecified atom stereocenters. The van der Waals surface area contributed by atoms with Crippen LogP contribution in [-0.4, -0.2) is 12.5 Å². The Morgan fingerprint density at radius 1 is 1.40 bits per heavy atom. The first-order chi connectivity index (χ1) is 7.02. The van der Waals surface area contributed by atoms with Crippen molar-refractivity contribution in [3.63, 3.8) is 0 Å². The number of hydrogen-bond donors (Lipinski definition) is 1. The molecule has 0 aromatic heterocycles. The lowest BCUT2D eigenvalue weighted by Crippen LogP contribution is -2.27. The second kappa shape index (κ2) is 5.38. The van der Waals surface area contributed by atoms with Crippen LogP contribution in [0.5, 0.6) is 0 Å². The summed E-state index contributed by atoms with van der Waals surface area (Å²) in [6.07, 6.45) is 0. The molecule has 82 valence electrons. The number of carbonyl (C=O) groups is 1. The Hall–Kier alpha value is -0.730. The third kappa shape index (κ3) is 3.40. The third-order valence-electron chi connectivity index (χ3n) is 1.87. The van der Waals surface area contributed by atoms with Crippen molar-refractivity contribution >= 4 is 29.1 Å². The number of halogens is 2. The second-order valence-corrected chi connectivity index (χ2v) is 4.49. The lowest BCUT2D eigenvalue weighted by atomic mass is 10.2. The summed E-state index contributed by atoms with van der Waals surface area (Å²) < 4.78 is 0. The van der Waals surface area contributed by atoms with Crippen molar-refractivity contribution in [3.05, 3.63) is 33.8 Å². The van der Waals surface area contributed by atoms with Gasteiger partial charge < -0.3 is 5.32 Å².